The molecule has 0 bridgehead atoms. The van der Waals surface area contributed by atoms with Gasteiger partial charge in [-0.2, -0.15) is 0 Å². The van der Waals surface area contributed by atoms with Crippen molar-refractivity contribution in [2.24, 2.45) is 0 Å². The van der Waals surface area contributed by atoms with Gasteiger partial charge in [-0.15, -0.1) is 0 Å². The lowest BCUT2D eigenvalue weighted by molar-refractivity contribution is 0.0971. The molecule has 0 atom stereocenters. The Bertz CT molecular complexity index is 853. The van der Waals surface area contributed by atoms with Crippen molar-refractivity contribution in [3.63, 3.8) is 0 Å². The maximum Gasteiger partial charge on any atom is 0.198 e. The average molecular weight is 328 g/mol. The topological polar surface area (TPSA) is 93.1 Å². The molecule has 24 heavy (non-hydrogen) atoms. The number of phenols is 2. The molecule has 0 saturated heterocycles. The summed E-state index contributed by atoms with van der Waals surface area (Å²) in [6.45, 7) is 2.08. The highest BCUT2D eigenvalue weighted by atomic mass is 16.5. The third-order valence-electron chi connectivity index (χ3n) is 4.02. The summed E-state index contributed by atoms with van der Waals surface area (Å²) in [6.07, 6.45) is 0. The van der Waals surface area contributed by atoms with E-state index in [1.165, 1.54) is 19.2 Å². The van der Waals surface area contributed by atoms with Crippen molar-refractivity contribution < 1.29 is 29.3 Å². The number of hydrogen-bond acceptors (Lipinski definition) is 6. The molecule has 3 rings (SSSR count). The minimum Gasteiger partial charge on any atom is -0.507 e. The molecule has 0 aromatic heterocycles. The lowest BCUT2D eigenvalue weighted by Gasteiger charge is -2.22. The molecule has 0 aliphatic heterocycles. The number of carbonyl (C=O) groups is 2. The lowest BCUT2D eigenvalue weighted by Crippen LogP contribution is -2.22. The Morgan fingerprint density at radius 2 is 1.75 bits per heavy atom. The summed E-state index contributed by atoms with van der Waals surface area (Å²) in [6, 6.07) is 5.89. The predicted octanol–water partition coefficient (Wildman–Crippen LogP) is 2.42. The van der Waals surface area contributed by atoms with Crippen LogP contribution in [0.1, 0.15) is 44.3 Å². The van der Waals surface area contributed by atoms with E-state index >= 15 is 0 Å². The third kappa shape index (κ3) is 2.23. The van der Waals surface area contributed by atoms with Crippen LogP contribution in [0.2, 0.25) is 0 Å². The zero-order chi connectivity index (χ0) is 17.4. The van der Waals surface area contributed by atoms with E-state index in [0.29, 0.717) is 6.61 Å². The van der Waals surface area contributed by atoms with E-state index in [0.717, 1.165) is 0 Å². The van der Waals surface area contributed by atoms with Crippen molar-refractivity contribution in [1.29, 1.82) is 0 Å². The normalized spacial score (nSPS) is 12.8. The largest absolute Gasteiger partial charge is 0.507 e. The lowest BCUT2D eigenvalue weighted by atomic mass is 9.82. The summed E-state index contributed by atoms with van der Waals surface area (Å²) < 4.78 is 10.4. The van der Waals surface area contributed by atoms with Gasteiger partial charge in [0.25, 0.3) is 0 Å². The molecule has 0 spiro atoms. The van der Waals surface area contributed by atoms with Gasteiger partial charge in [-0.05, 0) is 19.1 Å². The summed E-state index contributed by atoms with van der Waals surface area (Å²) in [5, 5.41) is 20.6. The highest BCUT2D eigenvalue weighted by Crippen LogP contribution is 2.41. The van der Waals surface area contributed by atoms with Crippen LogP contribution in [0, 0.1) is 0 Å². The summed E-state index contributed by atoms with van der Waals surface area (Å²) >= 11 is 0. The first-order valence-electron chi connectivity index (χ1n) is 7.43. The van der Waals surface area contributed by atoms with E-state index in [-0.39, 0.29) is 45.9 Å². The van der Waals surface area contributed by atoms with Crippen LogP contribution in [0.3, 0.4) is 0 Å². The Morgan fingerprint density at radius 1 is 1.04 bits per heavy atom. The number of hydrogen-bond donors (Lipinski definition) is 2. The summed E-state index contributed by atoms with van der Waals surface area (Å²) in [5.74, 6) is -1.42. The van der Waals surface area contributed by atoms with Crippen LogP contribution in [0.5, 0.6) is 17.2 Å². The van der Waals surface area contributed by atoms with Crippen LogP contribution in [0.4, 0.5) is 0 Å². The van der Waals surface area contributed by atoms with Crippen LogP contribution in [0.15, 0.2) is 24.3 Å². The molecular formula is C18H16O6. The predicted molar refractivity (Wildman–Crippen MR) is 85.0 cm³/mol. The van der Waals surface area contributed by atoms with Crippen molar-refractivity contribution in [2.45, 2.75) is 13.5 Å². The van der Waals surface area contributed by atoms with E-state index in [1.807, 2.05) is 0 Å². The Hall–Kier alpha value is -2.86. The van der Waals surface area contributed by atoms with Gasteiger partial charge in [0, 0.05) is 17.7 Å². The van der Waals surface area contributed by atoms with E-state index in [1.54, 1.807) is 19.1 Å². The summed E-state index contributed by atoms with van der Waals surface area (Å²) in [5.41, 5.74) is 0.215. The minimum absolute atomic E-state index is 0.0488. The number of ether oxygens (including phenoxy) is 2. The third-order valence-corrected chi connectivity index (χ3v) is 4.02. The summed E-state index contributed by atoms with van der Waals surface area (Å²) in [7, 11) is 1.41. The minimum atomic E-state index is -0.492. The smallest absolute Gasteiger partial charge is 0.198 e. The van der Waals surface area contributed by atoms with Gasteiger partial charge in [-0.3, -0.25) is 9.59 Å². The van der Waals surface area contributed by atoms with Crippen LogP contribution in [-0.4, -0.2) is 35.5 Å². The van der Waals surface area contributed by atoms with E-state index < -0.39 is 17.3 Å². The summed E-state index contributed by atoms with van der Waals surface area (Å²) in [4.78, 5) is 25.6. The highest BCUT2D eigenvalue weighted by Gasteiger charge is 2.36. The van der Waals surface area contributed by atoms with Crippen molar-refractivity contribution >= 4 is 11.6 Å². The molecule has 0 amide bonds. The van der Waals surface area contributed by atoms with Gasteiger partial charge in [0.1, 0.15) is 17.2 Å². The van der Waals surface area contributed by atoms with Gasteiger partial charge in [0.05, 0.1) is 30.4 Å². The van der Waals surface area contributed by atoms with Crippen LogP contribution >= 0.6 is 0 Å². The molecule has 0 unspecified atom stereocenters. The number of carbonyl (C=O) groups excluding carboxylic acids is 2. The number of rotatable bonds is 4. The number of methoxy groups -OCH3 is 1. The van der Waals surface area contributed by atoms with E-state index in [2.05, 4.69) is 0 Å². The zero-order valence-corrected chi connectivity index (χ0v) is 13.3. The fraction of sp³-hybridized carbons (Fsp3) is 0.222. The first-order valence-corrected chi connectivity index (χ1v) is 7.43. The van der Waals surface area contributed by atoms with Gasteiger partial charge < -0.3 is 19.7 Å². The van der Waals surface area contributed by atoms with Crippen LogP contribution in [-0.2, 0) is 11.3 Å². The first kappa shape index (κ1) is 16.0. The van der Waals surface area contributed by atoms with Gasteiger partial charge in [0.15, 0.2) is 11.6 Å². The molecule has 124 valence electrons. The molecule has 2 aromatic rings. The number of benzene rings is 2. The zero-order valence-electron chi connectivity index (χ0n) is 13.3. The second-order valence-corrected chi connectivity index (χ2v) is 5.32. The maximum absolute atomic E-state index is 12.8. The molecule has 0 radical (unpaired) electrons. The van der Waals surface area contributed by atoms with Crippen molar-refractivity contribution in [3.05, 3.63) is 52.1 Å². The van der Waals surface area contributed by atoms with Gasteiger partial charge in [-0.25, -0.2) is 0 Å². The quantitative estimate of drug-likeness (QED) is 0.764. The number of ketones is 2. The van der Waals surface area contributed by atoms with Gasteiger partial charge in [0.2, 0.25) is 0 Å². The molecule has 0 saturated carbocycles. The molecule has 1 aliphatic rings. The molecule has 2 aromatic carbocycles. The standard InChI is InChI=1S/C18H16O6/c1-3-24-8-11-12(19)7-10-15(18(11)22)16(20)9-5-4-6-13(23-2)14(9)17(10)21/h4-7,19,22H,3,8H2,1-2H3. The van der Waals surface area contributed by atoms with Crippen LogP contribution < -0.4 is 4.74 Å². The van der Waals surface area contributed by atoms with Crippen LogP contribution in [0.25, 0.3) is 0 Å². The second kappa shape index (κ2) is 5.98. The van der Waals surface area contributed by atoms with Gasteiger partial charge in [-0.1, -0.05) is 12.1 Å². The van der Waals surface area contributed by atoms with Crippen molar-refractivity contribution in [2.75, 3.05) is 13.7 Å². The monoisotopic (exact) mass is 328 g/mol. The maximum atomic E-state index is 12.8. The Morgan fingerprint density at radius 3 is 2.42 bits per heavy atom. The van der Waals surface area contributed by atoms with E-state index in [9.17, 15) is 19.8 Å². The molecule has 0 fully saturated rings. The van der Waals surface area contributed by atoms with Gasteiger partial charge >= 0.3 is 0 Å². The number of fused-ring (bicyclic) bond motifs is 2. The molecule has 6 heteroatoms. The fourth-order valence-corrected chi connectivity index (χ4v) is 2.85. The highest BCUT2D eigenvalue weighted by molar-refractivity contribution is 6.30. The Labute approximate surface area is 138 Å². The molecular weight excluding hydrogens is 312 g/mol. The average Bonchev–Trinajstić information content (AvgIpc) is 2.58. The number of phenolic OH excluding ortho intramolecular Hbond substituents is 2. The van der Waals surface area contributed by atoms with Crippen molar-refractivity contribution in [3.8, 4) is 17.2 Å². The van der Waals surface area contributed by atoms with Crippen molar-refractivity contribution in [1.82, 2.24) is 0 Å². The molecule has 1 aliphatic carbocycles. The SMILES string of the molecule is CCOCc1c(O)cc2c(c1O)C(=O)c1cccc(OC)c1C2=O. The fourth-order valence-electron chi connectivity index (χ4n) is 2.85. The number of aromatic hydroxyl groups is 2. The molecule has 6 nitrogen and oxygen atoms in total. The first-order chi connectivity index (χ1) is 11.5. The molecule has 0 heterocycles. The van der Waals surface area contributed by atoms with E-state index in [4.69, 9.17) is 9.47 Å². The Balaban J connectivity index is 2.25. The Kier molecular flexibility index (Phi) is 3.99. The molecule has 2 N–H and O–H groups in total. The second-order valence-electron chi connectivity index (χ2n) is 5.32.